The Labute approximate surface area is 157 Å². The third kappa shape index (κ3) is 2.30. The third-order valence-corrected chi connectivity index (χ3v) is 5.47. The third-order valence-electron chi connectivity index (χ3n) is 5.10. The first-order valence-electron chi connectivity index (χ1n) is 8.57. The van der Waals surface area contributed by atoms with Gasteiger partial charge in [-0.3, -0.25) is 9.69 Å². The predicted molar refractivity (Wildman–Crippen MR) is 98.1 cm³/mol. The van der Waals surface area contributed by atoms with E-state index in [9.17, 15) is 9.59 Å². The highest BCUT2D eigenvalue weighted by molar-refractivity contribution is 6.31. The van der Waals surface area contributed by atoms with Gasteiger partial charge in [0.1, 0.15) is 0 Å². The van der Waals surface area contributed by atoms with Gasteiger partial charge in [0.05, 0.1) is 6.54 Å². The number of urea groups is 1. The van der Waals surface area contributed by atoms with Gasteiger partial charge in [0.15, 0.2) is 12.2 Å². The van der Waals surface area contributed by atoms with Gasteiger partial charge < -0.3 is 14.7 Å². The average molecular weight is 374 g/mol. The molecule has 2 atom stereocenters. The van der Waals surface area contributed by atoms with Crippen LogP contribution in [0.15, 0.2) is 41.2 Å². The fraction of sp³-hybridized carbons (Fsp3) is 0.389. The van der Waals surface area contributed by atoms with Crippen LogP contribution in [0.2, 0.25) is 5.02 Å². The minimum atomic E-state index is -0.540. The summed E-state index contributed by atoms with van der Waals surface area (Å²) >= 11 is 6.22. The Morgan fingerprint density at radius 2 is 1.92 bits per heavy atom. The standard InChI is InChI=1S/C18H20ClN5O2/c1-4-22-11(2)9-23-14-15(20-17(22)23)21(3)18(26)24(16(14)25)10-12-7-5-6-8-13(12)19/h5-9,14-15H,4,10H2,1-3H3. The minimum Gasteiger partial charge on any atom is -0.315 e. The van der Waals surface area contributed by atoms with Crippen molar-refractivity contribution in [3.05, 3.63) is 46.7 Å². The van der Waals surface area contributed by atoms with Crippen molar-refractivity contribution in [1.82, 2.24) is 19.6 Å². The Bertz CT molecular complexity index is 852. The first-order chi connectivity index (χ1) is 12.4. The van der Waals surface area contributed by atoms with Crippen LogP contribution in [0.1, 0.15) is 19.4 Å². The highest BCUT2D eigenvalue weighted by Gasteiger charge is 2.54. The number of imide groups is 1. The van der Waals surface area contributed by atoms with Gasteiger partial charge in [-0.1, -0.05) is 29.8 Å². The van der Waals surface area contributed by atoms with Crippen LogP contribution in [0.25, 0.3) is 0 Å². The molecule has 1 fully saturated rings. The SMILES string of the molecule is CCN1C(C)=CN2C1=NC1C2C(=O)N(Cc2ccccc2Cl)C(=O)N1C. The van der Waals surface area contributed by atoms with E-state index in [0.717, 1.165) is 23.8 Å². The van der Waals surface area contributed by atoms with E-state index in [0.29, 0.717) is 5.02 Å². The molecule has 4 rings (SSSR count). The molecule has 2 unspecified atom stereocenters. The molecule has 0 saturated carbocycles. The molecule has 0 spiro atoms. The first-order valence-corrected chi connectivity index (χ1v) is 8.95. The number of carbonyl (C=O) groups excluding carboxylic acids is 2. The van der Waals surface area contributed by atoms with E-state index in [2.05, 4.69) is 4.99 Å². The van der Waals surface area contributed by atoms with Crippen molar-refractivity contribution in [2.24, 2.45) is 4.99 Å². The maximum Gasteiger partial charge on any atom is 0.328 e. The Morgan fingerprint density at radius 3 is 2.62 bits per heavy atom. The number of benzene rings is 1. The van der Waals surface area contributed by atoms with E-state index in [4.69, 9.17) is 11.6 Å². The predicted octanol–water partition coefficient (Wildman–Crippen LogP) is 2.30. The van der Waals surface area contributed by atoms with Crippen LogP contribution in [0.5, 0.6) is 0 Å². The number of hydrogen-bond acceptors (Lipinski definition) is 5. The molecule has 3 aliphatic rings. The monoisotopic (exact) mass is 373 g/mol. The molecule has 0 bridgehead atoms. The number of rotatable bonds is 3. The largest absolute Gasteiger partial charge is 0.328 e. The molecule has 1 aromatic carbocycles. The summed E-state index contributed by atoms with van der Waals surface area (Å²) in [4.78, 5) is 37.4. The molecule has 0 N–H and O–H groups in total. The number of guanidine groups is 1. The number of fused-ring (bicyclic) bond motifs is 3. The molecule has 3 heterocycles. The van der Waals surface area contributed by atoms with Crippen LogP contribution in [0, 0.1) is 0 Å². The van der Waals surface area contributed by atoms with E-state index in [-0.39, 0.29) is 18.5 Å². The van der Waals surface area contributed by atoms with Crippen molar-refractivity contribution >= 4 is 29.5 Å². The second kappa shape index (κ2) is 6.02. The van der Waals surface area contributed by atoms with Crippen molar-refractivity contribution in [3.8, 4) is 0 Å². The summed E-state index contributed by atoms with van der Waals surface area (Å²) in [6, 6.07) is 6.35. The van der Waals surface area contributed by atoms with Crippen LogP contribution < -0.4 is 0 Å². The lowest BCUT2D eigenvalue weighted by atomic mass is 10.1. The van der Waals surface area contributed by atoms with Crippen LogP contribution in [0.4, 0.5) is 4.79 Å². The van der Waals surface area contributed by atoms with Crippen LogP contribution in [-0.2, 0) is 11.3 Å². The Kier molecular flexibility index (Phi) is 3.91. The van der Waals surface area contributed by atoms with E-state index >= 15 is 0 Å². The maximum atomic E-state index is 13.2. The molecule has 136 valence electrons. The van der Waals surface area contributed by atoms with Gasteiger partial charge in [-0.25, -0.2) is 9.79 Å². The molecular formula is C18H20ClN5O2. The first kappa shape index (κ1) is 16.9. The minimum absolute atomic E-state index is 0.147. The number of aliphatic imine (C=N–C) groups is 1. The van der Waals surface area contributed by atoms with Gasteiger partial charge in [-0.05, 0) is 25.5 Å². The molecule has 0 radical (unpaired) electrons. The zero-order chi connectivity index (χ0) is 18.6. The summed E-state index contributed by atoms with van der Waals surface area (Å²) in [5, 5.41) is 0.537. The molecule has 3 aliphatic heterocycles. The number of likely N-dealkylation sites (N-methyl/N-ethyl adjacent to an activating group) is 1. The number of nitrogens with zero attached hydrogens (tertiary/aromatic N) is 5. The van der Waals surface area contributed by atoms with E-state index in [1.165, 1.54) is 9.80 Å². The summed E-state index contributed by atoms with van der Waals surface area (Å²) in [5.74, 6) is 0.478. The molecule has 7 nitrogen and oxygen atoms in total. The number of allylic oxidation sites excluding steroid dienone is 1. The van der Waals surface area contributed by atoms with Crippen LogP contribution in [0.3, 0.4) is 0 Å². The van der Waals surface area contributed by atoms with Crippen molar-refractivity contribution in [1.29, 1.82) is 0 Å². The van der Waals surface area contributed by atoms with Crippen molar-refractivity contribution in [3.63, 3.8) is 0 Å². The smallest absolute Gasteiger partial charge is 0.315 e. The van der Waals surface area contributed by atoms with Crippen LogP contribution >= 0.6 is 11.6 Å². The molecule has 3 amide bonds. The number of amides is 3. The summed E-state index contributed by atoms with van der Waals surface area (Å²) in [5.41, 5.74) is 1.78. The summed E-state index contributed by atoms with van der Waals surface area (Å²) in [7, 11) is 1.69. The highest BCUT2D eigenvalue weighted by Crippen LogP contribution is 2.34. The molecule has 1 saturated heterocycles. The van der Waals surface area contributed by atoms with E-state index < -0.39 is 12.2 Å². The normalized spacial score (nSPS) is 24.8. The number of hydrogen-bond donors (Lipinski definition) is 0. The second-order valence-corrected chi connectivity index (χ2v) is 7.03. The lowest BCUT2D eigenvalue weighted by Gasteiger charge is -2.40. The molecular weight excluding hydrogens is 354 g/mol. The highest BCUT2D eigenvalue weighted by atomic mass is 35.5. The number of halogens is 1. The maximum absolute atomic E-state index is 13.2. The quantitative estimate of drug-likeness (QED) is 0.815. The van der Waals surface area contributed by atoms with Gasteiger partial charge in [-0.15, -0.1) is 0 Å². The molecule has 0 aliphatic carbocycles. The lowest BCUT2D eigenvalue weighted by Crippen LogP contribution is -2.63. The fourth-order valence-corrected chi connectivity index (χ4v) is 3.93. The Hall–Kier alpha value is -2.54. The second-order valence-electron chi connectivity index (χ2n) is 6.62. The summed E-state index contributed by atoms with van der Waals surface area (Å²) in [6.45, 7) is 4.93. The topological polar surface area (TPSA) is 59.5 Å². The van der Waals surface area contributed by atoms with Crippen molar-refractivity contribution < 1.29 is 9.59 Å². The van der Waals surface area contributed by atoms with Crippen molar-refractivity contribution in [2.75, 3.05) is 13.6 Å². The van der Waals surface area contributed by atoms with Crippen LogP contribution in [-0.4, -0.2) is 63.3 Å². The molecule has 26 heavy (non-hydrogen) atoms. The number of carbonyl (C=O) groups is 2. The molecule has 0 aromatic heterocycles. The van der Waals surface area contributed by atoms with Gasteiger partial charge in [0, 0.05) is 30.5 Å². The average Bonchev–Trinajstić information content (AvgIpc) is 3.12. The summed E-state index contributed by atoms with van der Waals surface area (Å²) in [6.07, 6.45) is 1.42. The molecule has 1 aromatic rings. The lowest BCUT2D eigenvalue weighted by molar-refractivity contribution is -0.137. The van der Waals surface area contributed by atoms with Crippen molar-refractivity contribution in [2.45, 2.75) is 32.6 Å². The fourth-order valence-electron chi connectivity index (χ4n) is 3.74. The van der Waals surface area contributed by atoms with Gasteiger partial charge in [-0.2, -0.15) is 0 Å². The Morgan fingerprint density at radius 1 is 1.19 bits per heavy atom. The van der Waals surface area contributed by atoms with E-state index in [1.54, 1.807) is 13.1 Å². The zero-order valence-electron chi connectivity index (χ0n) is 14.9. The van der Waals surface area contributed by atoms with E-state index in [1.807, 2.05) is 48.0 Å². The van der Waals surface area contributed by atoms with Gasteiger partial charge >= 0.3 is 6.03 Å². The van der Waals surface area contributed by atoms with Gasteiger partial charge in [0.2, 0.25) is 5.96 Å². The Balaban J connectivity index is 1.67. The molecule has 8 heteroatoms. The summed E-state index contributed by atoms with van der Waals surface area (Å²) < 4.78 is 0. The zero-order valence-corrected chi connectivity index (χ0v) is 15.6. The van der Waals surface area contributed by atoms with Gasteiger partial charge in [0.25, 0.3) is 5.91 Å².